The summed E-state index contributed by atoms with van der Waals surface area (Å²) in [6.45, 7) is 3.43. The quantitative estimate of drug-likeness (QED) is 0.847. The van der Waals surface area contributed by atoms with Gasteiger partial charge in [0.05, 0.1) is 0 Å². The van der Waals surface area contributed by atoms with E-state index in [0.29, 0.717) is 24.6 Å². The maximum atomic E-state index is 13.0. The summed E-state index contributed by atoms with van der Waals surface area (Å²) in [5, 5.41) is 2.70. The van der Waals surface area contributed by atoms with Crippen LogP contribution in [-0.4, -0.2) is 37.0 Å². The third-order valence-electron chi connectivity index (χ3n) is 3.47. The Hall–Kier alpha value is -1.46. The molecule has 1 aromatic rings. The highest BCUT2D eigenvalue weighted by atomic mass is 19.1. The topological polar surface area (TPSA) is 58.4 Å². The molecule has 104 valence electrons. The zero-order valence-corrected chi connectivity index (χ0v) is 10.9. The Labute approximate surface area is 112 Å². The molecule has 0 bridgehead atoms. The first-order valence-electron chi connectivity index (χ1n) is 6.65. The normalized spacial score (nSPS) is 19.6. The lowest BCUT2D eigenvalue weighted by molar-refractivity contribution is -0.116. The summed E-state index contributed by atoms with van der Waals surface area (Å²) in [7, 11) is 0. The number of carbonyl (C=O) groups excluding carboxylic acids is 1. The van der Waals surface area contributed by atoms with Crippen molar-refractivity contribution >= 4 is 11.6 Å². The minimum absolute atomic E-state index is 0.0817. The van der Waals surface area contributed by atoms with E-state index in [2.05, 4.69) is 10.2 Å². The summed E-state index contributed by atoms with van der Waals surface area (Å²) in [4.78, 5) is 14.0. The largest absolute Gasteiger partial charge is 0.330 e. The lowest BCUT2D eigenvalue weighted by Gasteiger charge is -2.15. The van der Waals surface area contributed by atoms with Crippen LogP contribution in [0.5, 0.6) is 0 Å². The summed E-state index contributed by atoms with van der Waals surface area (Å²) >= 11 is 0. The van der Waals surface area contributed by atoms with E-state index >= 15 is 0 Å². The molecule has 0 spiro atoms. The Morgan fingerprint density at radius 1 is 1.53 bits per heavy atom. The fourth-order valence-electron chi connectivity index (χ4n) is 2.36. The Balaban J connectivity index is 1.73. The fraction of sp³-hybridized carbons (Fsp3) is 0.500. The van der Waals surface area contributed by atoms with Crippen molar-refractivity contribution in [3.8, 4) is 0 Å². The van der Waals surface area contributed by atoms with E-state index in [1.54, 1.807) is 12.1 Å². The molecule has 1 fully saturated rings. The first-order chi connectivity index (χ1) is 9.17. The summed E-state index contributed by atoms with van der Waals surface area (Å²) < 4.78 is 13.0. The van der Waals surface area contributed by atoms with Crippen LogP contribution in [0, 0.1) is 11.7 Å². The molecule has 0 aromatic heterocycles. The van der Waals surface area contributed by atoms with Gasteiger partial charge < -0.3 is 16.0 Å². The number of nitrogens with two attached hydrogens (primary N) is 1. The monoisotopic (exact) mass is 265 g/mol. The average Bonchev–Trinajstić information content (AvgIpc) is 2.84. The van der Waals surface area contributed by atoms with Crippen molar-refractivity contribution in [2.75, 3.05) is 31.5 Å². The van der Waals surface area contributed by atoms with Gasteiger partial charge in [0.2, 0.25) is 5.91 Å². The number of likely N-dealkylation sites (tertiary alicyclic amines) is 1. The SMILES string of the molecule is NCC1CCN(CCC(=O)Nc2cccc(F)c2)C1. The van der Waals surface area contributed by atoms with Gasteiger partial charge in [-0.25, -0.2) is 4.39 Å². The van der Waals surface area contributed by atoms with Gasteiger partial charge in [-0.3, -0.25) is 4.79 Å². The summed E-state index contributed by atoms with van der Waals surface area (Å²) in [6.07, 6.45) is 1.54. The van der Waals surface area contributed by atoms with E-state index in [-0.39, 0.29) is 11.7 Å². The number of nitrogens with zero attached hydrogens (tertiary/aromatic N) is 1. The van der Waals surface area contributed by atoms with Crippen molar-refractivity contribution in [2.45, 2.75) is 12.8 Å². The number of rotatable bonds is 5. The molecule has 0 radical (unpaired) electrons. The molecule has 1 aliphatic rings. The molecule has 1 saturated heterocycles. The van der Waals surface area contributed by atoms with Gasteiger partial charge in [0, 0.05) is 25.2 Å². The third-order valence-corrected chi connectivity index (χ3v) is 3.47. The number of benzene rings is 1. The summed E-state index contributed by atoms with van der Waals surface area (Å²) in [5.41, 5.74) is 6.13. The van der Waals surface area contributed by atoms with Crippen molar-refractivity contribution < 1.29 is 9.18 Å². The first kappa shape index (κ1) is 14.0. The standard InChI is InChI=1S/C14H20FN3O/c15-12-2-1-3-13(8-12)17-14(19)5-7-18-6-4-11(9-16)10-18/h1-3,8,11H,4-7,9-10,16H2,(H,17,19). The van der Waals surface area contributed by atoms with Gasteiger partial charge in [0.25, 0.3) is 0 Å². The second kappa shape index (κ2) is 6.63. The Morgan fingerprint density at radius 2 is 2.37 bits per heavy atom. The number of anilines is 1. The first-order valence-corrected chi connectivity index (χ1v) is 6.65. The van der Waals surface area contributed by atoms with Crippen LogP contribution in [0.2, 0.25) is 0 Å². The Morgan fingerprint density at radius 3 is 3.05 bits per heavy atom. The van der Waals surface area contributed by atoms with Crippen LogP contribution < -0.4 is 11.1 Å². The molecular formula is C14H20FN3O. The zero-order chi connectivity index (χ0) is 13.7. The number of halogens is 1. The molecule has 19 heavy (non-hydrogen) atoms. The molecule has 1 unspecified atom stereocenters. The fourth-order valence-corrected chi connectivity index (χ4v) is 2.36. The van der Waals surface area contributed by atoms with Crippen LogP contribution in [0.15, 0.2) is 24.3 Å². The molecular weight excluding hydrogens is 245 g/mol. The minimum Gasteiger partial charge on any atom is -0.330 e. The van der Waals surface area contributed by atoms with E-state index in [0.717, 1.165) is 26.1 Å². The van der Waals surface area contributed by atoms with Crippen molar-refractivity contribution in [1.29, 1.82) is 0 Å². The summed E-state index contributed by atoms with van der Waals surface area (Å²) in [6, 6.07) is 5.93. The highest BCUT2D eigenvalue weighted by molar-refractivity contribution is 5.90. The van der Waals surface area contributed by atoms with Crippen LogP contribution in [0.25, 0.3) is 0 Å². The highest BCUT2D eigenvalue weighted by Gasteiger charge is 2.21. The van der Waals surface area contributed by atoms with Crippen molar-refractivity contribution in [3.63, 3.8) is 0 Å². The van der Waals surface area contributed by atoms with E-state index in [9.17, 15) is 9.18 Å². The maximum Gasteiger partial charge on any atom is 0.225 e. The molecule has 3 N–H and O–H groups in total. The van der Waals surface area contributed by atoms with Crippen LogP contribution in [0.3, 0.4) is 0 Å². The summed E-state index contributed by atoms with van der Waals surface area (Å²) in [5.74, 6) is 0.135. The average molecular weight is 265 g/mol. The van der Waals surface area contributed by atoms with Gasteiger partial charge in [0.15, 0.2) is 0 Å². The molecule has 0 saturated carbocycles. The number of carbonyl (C=O) groups is 1. The van der Waals surface area contributed by atoms with Crippen molar-refractivity contribution in [1.82, 2.24) is 4.90 Å². The molecule has 1 aromatic carbocycles. The third kappa shape index (κ3) is 4.29. The van der Waals surface area contributed by atoms with E-state index < -0.39 is 0 Å². The lowest BCUT2D eigenvalue weighted by Crippen LogP contribution is -2.27. The Kier molecular flexibility index (Phi) is 4.87. The molecule has 0 aliphatic carbocycles. The van der Waals surface area contributed by atoms with E-state index in [4.69, 9.17) is 5.73 Å². The van der Waals surface area contributed by atoms with Gasteiger partial charge in [0.1, 0.15) is 5.82 Å². The Bertz CT molecular complexity index is 438. The van der Waals surface area contributed by atoms with E-state index in [1.807, 2.05) is 0 Å². The number of amides is 1. The smallest absolute Gasteiger partial charge is 0.225 e. The van der Waals surface area contributed by atoms with Crippen LogP contribution >= 0.6 is 0 Å². The van der Waals surface area contributed by atoms with Gasteiger partial charge in [-0.1, -0.05) is 6.07 Å². The second-order valence-electron chi connectivity index (χ2n) is 5.00. The zero-order valence-electron chi connectivity index (χ0n) is 10.9. The molecule has 1 heterocycles. The molecule has 1 aliphatic heterocycles. The van der Waals surface area contributed by atoms with Crippen molar-refractivity contribution in [2.24, 2.45) is 11.7 Å². The molecule has 1 atom stereocenters. The van der Waals surface area contributed by atoms with Crippen molar-refractivity contribution in [3.05, 3.63) is 30.1 Å². The molecule has 2 rings (SSSR count). The maximum absolute atomic E-state index is 13.0. The highest BCUT2D eigenvalue weighted by Crippen LogP contribution is 2.15. The minimum atomic E-state index is -0.344. The number of hydrogen-bond acceptors (Lipinski definition) is 3. The van der Waals surface area contributed by atoms with Crippen LogP contribution in [0.1, 0.15) is 12.8 Å². The van der Waals surface area contributed by atoms with Crippen LogP contribution in [0.4, 0.5) is 10.1 Å². The number of nitrogens with one attached hydrogen (secondary N) is 1. The molecule has 4 nitrogen and oxygen atoms in total. The molecule has 5 heteroatoms. The number of hydrogen-bond donors (Lipinski definition) is 2. The predicted molar refractivity (Wildman–Crippen MR) is 73.2 cm³/mol. The second-order valence-corrected chi connectivity index (χ2v) is 5.00. The predicted octanol–water partition coefficient (Wildman–Crippen LogP) is 1.43. The molecule has 1 amide bonds. The lowest BCUT2D eigenvalue weighted by atomic mass is 10.1. The van der Waals surface area contributed by atoms with Gasteiger partial charge in [-0.05, 0) is 43.6 Å². The van der Waals surface area contributed by atoms with Gasteiger partial charge in [-0.15, -0.1) is 0 Å². The van der Waals surface area contributed by atoms with Gasteiger partial charge >= 0.3 is 0 Å². The van der Waals surface area contributed by atoms with E-state index in [1.165, 1.54) is 12.1 Å². The van der Waals surface area contributed by atoms with Gasteiger partial charge in [-0.2, -0.15) is 0 Å². The van der Waals surface area contributed by atoms with Crippen LogP contribution in [-0.2, 0) is 4.79 Å².